The number of carbonyl (C=O) groups is 2. The second-order valence-electron chi connectivity index (χ2n) is 5.21. The molecular formula is C15H18ClFN2O3. The second-order valence-corrected chi connectivity index (χ2v) is 5.65. The van der Waals surface area contributed by atoms with E-state index in [0.29, 0.717) is 32.6 Å². The van der Waals surface area contributed by atoms with Crippen LogP contribution in [0.3, 0.4) is 0 Å². The van der Waals surface area contributed by atoms with E-state index < -0.39 is 23.7 Å². The molecule has 5 nitrogen and oxygen atoms in total. The Kier molecular flexibility index (Phi) is 5.37. The summed E-state index contributed by atoms with van der Waals surface area (Å²) in [4.78, 5) is 26.9. The van der Waals surface area contributed by atoms with Crippen molar-refractivity contribution in [1.82, 2.24) is 9.80 Å². The lowest BCUT2D eigenvalue weighted by Gasteiger charge is -2.37. The van der Waals surface area contributed by atoms with E-state index in [0.717, 1.165) is 6.07 Å². The summed E-state index contributed by atoms with van der Waals surface area (Å²) >= 11 is 5.68. The van der Waals surface area contributed by atoms with E-state index in [-0.39, 0.29) is 10.6 Å². The molecule has 1 heterocycles. The van der Waals surface area contributed by atoms with Gasteiger partial charge in [0.1, 0.15) is 11.9 Å². The first-order valence-electron chi connectivity index (χ1n) is 7.15. The Labute approximate surface area is 133 Å². The SMILES string of the molecule is CC[C@H](C(=O)O)N1CCN(C(=O)c2ccc(Cl)cc2F)CC1. The van der Waals surface area contributed by atoms with Gasteiger partial charge in [-0.3, -0.25) is 14.5 Å². The zero-order valence-corrected chi connectivity index (χ0v) is 13.0. The van der Waals surface area contributed by atoms with Crippen LogP contribution in [0, 0.1) is 5.82 Å². The number of hydrogen-bond donors (Lipinski definition) is 1. The van der Waals surface area contributed by atoms with E-state index in [9.17, 15) is 14.0 Å². The lowest BCUT2D eigenvalue weighted by atomic mass is 10.1. The number of hydrogen-bond acceptors (Lipinski definition) is 3. The predicted molar refractivity (Wildman–Crippen MR) is 80.6 cm³/mol. The molecule has 0 aliphatic carbocycles. The zero-order valence-electron chi connectivity index (χ0n) is 12.3. The zero-order chi connectivity index (χ0) is 16.3. The van der Waals surface area contributed by atoms with Crippen LogP contribution in [0.15, 0.2) is 18.2 Å². The number of carboxylic acid groups (broad SMARTS) is 1. The predicted octanol–water partition coefficient (Wildman–Crippen LogP) is 2.10. The van der Waals surface area contributed by atoms with Gasteiger partial charge in [0.05, 0.1) is 5.56 Å². The molecule has 1 amide bonds. The normalized spacial score (nSPS) is 17.3. The van der Waals surface area contributed by atoms with E-state index in [1.165, 1.54) is 17.0 Å². The largest absolute Gasteiger partial charge is 0.480 e. The highest BCUT2D eigenvalue weighted by atomic mass is 35.5. The van der Waals surface area contributed by atoms with Crippen LogP contribution in [0.25, 0.3) is 0 Å². The molecule has 1 atom stereocenters. The molecule has 2 rings (SSSR count). The average molecular weight is 329 g/mol. The molecule has 0 aromatic heterocycles. The Morgan fingerprint density at radius 3 is 2.45 bits per heavy atom. The monoisotopic (exact) mass is 328 g/mol. The van der Waals surface area contributed by atoms with Crippen molar-refractivity contribution < 1.29 is 19.1 Å². The van der Waals surface area contributed by atoms with Gasteiger partial charge in [-0.2, -0.15) is 0 Å². The first-order chi connectivity index (χ1) is 10.4. The molecule has 1 aromatic carbocycles. The third-order valence-corrected chi connectivity index (χ3v) is 4.11. The number of halogens is 2. The fourth-order valence-electron chi connectivity index (χ4n) is 2.66. The number of piperazine rings is 1. The van der Waals surface area contributed by atoms with Crippen LogP contribution in [-0.2, 0) is 4.79 Å². The molecule has 22 heavy (non-hydrogen) atoms. The van der Waals surface area contributed by atoms with E-state index in [2.05, 4.69) is 0 Å². The van der Waals surface area contributed by atoms with Gasteiger partial charge in [0.25, 0.3) is 5.91 Å². The molecule has 0 saturated carbocycles. The van der Waals surface area contributed by atoms with Gasteiger partial charge in [0.2, 0.25) is 0 Å². The Balaban J connectivity index is 2.02. The van der Waals surface area contributed by atoms with Gasteiger partial charge in [-0.05, 0) is 24.6 Å². The minimum atomic E-state index is -0.856. The number of nitrogens with zero attached hydrogens (tertiary/aromatic N) is 2. The van der Waals surface area contributed by atoms with Crippen molar-refractivity contribution in [1.29, 1.82) is 0 Å². The molecule has 0 bridgehead atoms. The van der Waals surface area contributed by atoms with E-state index in [1.54, 1.807) is 0 Å². The maximum Gasteiger partial charge on any atom is 0.320 e. The molecule has 1 N–H and O–H groups in total. The topological polar surface area (TPSA) is 60.9 Å². The summed E-state index contributed by atoms with van der Waals surface area (Å²) in [6.45, 7) is 3.51. The summed E-state index contributed by atoms with van der Waals surface area (Å²) in [5, 5.41) is 9.40. The molecule has 7 heteroatoms. The Bertz CT molecular complexity index is 574. The molecule has 120 valence electrons. The van der Waals surface area contributed by atoms with Gasteiger partial charge in [-0.25, -0.2) is 4.39 Å². The molecule has 1 aromatic rings. The maximum absolute atomic E-state index is 13.8. The average Bonchev–Trinajstić information content (AvgIpc) is 2.47. The minimum Gasteiger partial charge on any atom is -0.480 e. The van der Waals surface area contributed by atoms with Crippen molar-refractivity contribution in [2.75, 3.05) is 26.2 Å². The van der Waals surface area contributed by atoms with Crippen LogP contribution in [0.2, 0.25) is 5.02 Å². The summed E-state index contributed by atoms with van der Waals surface area (Å²) in [5.74, 6) is -1.89. The summed E-state index contributed by atoms with van der Waals surface area (Å²) in [6.07, 6.45) is 0.509. The number of carbonyl (C=O) groups excluding carboxylic acids is 1. The quantitative estimate of drug-likeness (QED) is 0.919. The summed E-state index contributed by atoms with van der Waals surface area (Å²) in [7, 11) is 0. The lowest BCUT2D eigenvalue weighted by molar-refractivity contribution is -0.144. The summed E-state index contributed by atoms with van der Waals surface area (Å²) in [5.41, 5.74) is -0.0110. The van der Waals surface area contributed by atoms with Crippen molar-refractivity contribution in [2.24, 2.45) is 0 Å². The molecule has 0 unspecified atom stereocenters. The van der Waals surface area contributed by atoms with E-state index in [1.807, 2.05) is 11.8 Å². The smallest absolute Gasteiger partial charge is 0.320 e. The Morgan fingerprint density at radius 1 is 1.32 bits per heavy atom. The van der Waals surface area contributed by atoms with Crippen LogP contribution in [0.1, 0.15) is 23.7 Å². The third kappa shape index (κ3) is 3.56. The van der Waals surface area contributed by atoms with Crippen LogP contribution >= 0.6 is 11.6 Å². The lowest BCUT2D eigenvalue weighted by Crippen LogP contribution is -2.53. The van der Waals surface area contributed by atoms with Crippen LogP contribution < -0.4 is 0 Å². The standard InChI is InChI=1S/C15H18ClFN2O3/c1-2-13(15(21)22)18-5-7-19(8-6-18)14(20)11-4-3-10(16)9-12(11)17/h3-4,9,13H,2,5-8H2,1H3,(H,21,22)/t13-/m1/s1. The minimum absolute atomic E-state index is 0.0110. The highest BCUT2D eigenvalue weighted by Gasteiger charge is 2.30. The Morgan fingerprint density at radius 2 is 1.95 bits per heavy atom. The number of rotatable bonds is 4. The molecule has 1 aliphatic rings. The fraction of sp³-hybridized carbons (Fsp3) is 0.467. The van der Waals surface area contributed by atoms with Crippen LogP contribution in [-0.4, -0.2) is 59.0 Å². The molecule has 0 spiro atoms. The highest BCUT2D eigenvalue weighted by Crippen LogP contribution is 2.18. The van der Waals surface area contributed by atoms with Crippen molar-refractivity contribution in [2.45, 2.75) is 19.4 Å². The molecule has 0 radical (unpaired) electrons. The number of amides is 1. The summed E-state index contributed by atoms with van der Waals surface area (Å²) < 4.78 is 13.8. The van der Waals surface area contributed by atoms with Crippen LogP contribution in [0.4, 0.5) is 4.39 Å². The van der Waals surface area contributed by atoms with Gasteiger partial charge >= 0.3 is 5.97 Å². The van der Waals surface area contributed by atoms with Crippen molar-refractivity contribution in [3.8, 4) is 0 Å². The first kappa shape index (κ1) is 16.7. The fourth-order valence-corrected chi connectivity index (χ4v) is 2.82. The highest BCUT2D eigenvalue weighted by molar-refractivity contribution is 6.30. The van der Waals surface area contributed by atoms with E-state index >= 15 is 0 Å². The van der Waals surface area contributed by atoms with Crippen molar-refractivity contribution >= 4 is 23.5 Å². The van der Waals surface area contributed by atoms with Gasteiger partial charge in [-0.1, -0.05) is 18.5 Å². The first-order valence-corrected chi connectivity index (χ1v) is 7.53. The van der Waals surface area contributed by atoms with Crippen molar-refractivity contribution in [3.63, 3.8) is 0 Å². The Hall–Kier alpha value is -1.66. The van der Waals surface area contributed by atoms with Gasteiger partial charge in [0, 0.05) is 31.2 Å². The van der Waals surface area contributed by atoms with Gasteiger partial charge in [-0.15, -0.1) is 0 Å². The molecule has 1 fully saturated rings. The molecular weight excluding hydrogens is 311 g/mol. The third-order valence-electron chi connectivity index (χ3n) is 3.88. The molecule has 1 saturated heterocycles. The van der Waals surface area contributed by atoms with Crippen LogP contribution in [0.5, 0.6) is 0 Å². The van der Waals surface area contributed by atoms with Gasteiger partial charge < -0.3 is 10.0 Å². The number of aliphatic carboxylic acids is 1. The van der Waals surface area contributed by atoms with Crippen molar-refractivity contribution in [3.05, 3.63) is 34.6 Å². The number of carboxylic acids is 1. The summed E-state index contributed by atoms with van der Waals surface area (Å²) in [6, 6.07) is 3.43. The number of benzene rings is 1. The van der Waals surface area contributed by atoms with E-state index in [4.69, 9.17) is 16.7 Å². The van der Waals surface area contributed by atoms with Gasteiger partial charge in [0.15, 0.2) is 0 Å². The molecule has 1 aliphatic heterocycles. The second kappa shape index (κ2) is 7.07. The maximum atomic E-state index is 13.8.